The molecule has 4 nitrogen and oxygen atoms in total. The number of nitrogens with one attached hydrogen (secondary N) is 1. The average Bonchev–Trinajstić information content (AvgIpc) is 2.66. The van der Waals surface area contributed by atoms with Crippen LogP contribution >= 0.6 is 15.9 Å². The Hall–Kier alpha value is -1.10. The Morgan fingerprint density at radius 1 is 1.40 bits per heavy atom. The second kappa shape index (κ2) is 6.12. The first-order valence-corrected chi connectivity index (χ1v) is 7.40. The van der Waals surface area contributed by atoms with Gasteiger partial charge in [-0.05, 0) is 50.2 Å². The van der Waals surface area contributed by atoms with E-state index >= 15 is 0 Å². The van der Waals surface area contributed by atoms with E-state index in [1.165, 1.54) is 0 Å². The maximum atomic E-state index is 11.9. The molecule has 0 heterocycles. The summed E-state index contributed by atoms with van der Waals surface area (Å²) in [5, 5.41) is 2.72. The van der Waals surface area contributed by atoms with Gasteiger partial charge in [-0.3, -0.25) is 0 Å². The van der Waals surface area contributed by atoms with Crippen LogP contribution in [0.2, 0.25) is 0 Å². The van der Waals surface area contributed by atoms with Crippen LogP contribution in [0.25, 0.3) is 0 Å². The lowest BCUT2D eigenvalue weighted by atomic mass is 9.99. The van der Waals surface area contributed by atoms with Crippen molar-refractivity contribution in [3.05, 3.63) is 21.7 Å². The smallest absolute Gasteiger partial charge is 0.408 e. The Labute approximate surface area is 128 Å². The summed E-state index contributed by atoms with van der Waals surface area (Å²) in [6.07, 6.45) is 3.19. The molecule has 0 aromatic rings. The van der Waals surface area contributed by atoms with Gasteiger partial charge < -0.3 is 14.8 Å². The van der Waals surface area contributed by atoms with Gasteiger partial charge in [0, 0.05) is 12.8 Å². The molecule has 1 aliphatic rings. The van der Waals surface area contributed by atoms with Crippen molar-refractivity contribution in [2.45, 2.75) is 58.6 Å². The van der Waals surface area contributed by atoms with Crippen LogP contribution in [0.5, 0.6) is 0 Å². The number of hydrogen-bond donors (Lipinski definition) is 1. The highest BCUT2D eigenvalue weighted by atomic mass is 79.9. The summed E-state index contributed by atoms with van der Waals surface area (Å²) < 4.78 is 6.22. The van der Waals surface area contributed by atoms with Crippen LogP contribution in [-0.4, -0.2) is 23.5 Å². The van der Waals surface area contributed by atoms with E-state index in [-0.39, 0.29) is 0 Å². The maximum Gasteiger partial charge on any atom is 0.408 e. The summed E-state index contributed by atoms with van der Waals surface area (Å²) in [5.41, 5.74) is 0.646. The molecular formula is C15H22BrNO3. The Balaban J connectivity index is 2.94. The molecular weight excluding hydrogens is 322 g/mol. The Morgan fingerprint density at radius 2 is 2.00 bits per heavy atom. The third-order valence-corrected chi connectivity index (χ3v) is 3.60. The molecule has 1 rings (SSSR count). The van der Waals surface area contributed by atoms with E-state index in [4.69, 9.17) is 4.74 Å². The molecule has 0 aliphatic heterocycles. The van der Waals surface area contributed by atoms with Crippen LogP contribution in [0.1, 0.15) is 47.5 Å². The minimum absolute atomic E-state index is 0.479. The highest BCUT2D eigenvalue weighted by molar-refractivity contribution is 9.11. The van der Waals surface area contributed by atoms with E-state index in [0.29, 0.717) is 12.8 Å². The summed E-state index contributed by atoms with van der Waals surface area (Å²) in [7, 11) is 0. The number of allylic oxidation sites excluding steroid dienone is 2. The van der Waals surface area contributed by atoms with Gasteiger partial charge in [0.2, 0.25) is 0 Å². The van der Waals surface area contributed by atoms with Gasteiger partial charge in [-0.25, -0.2) is 4.79 Å². The first kappa shape index (κ1) is 17.0. The van der Waals surface area contributed by atoms with Crippen LogP contribution < -0.4 is 5.32 Å². The number of alkyl carbamates (subject to hydrolysis) is 1. The predicted molar refractivity (Wildman–Crippen MR) is 82.8 cm³/mol. The Morgan fingerprint density at radius 3 is 2.35 bits per heavy atom. The fourth-order valence-electron chi connectivity index (χ4n) is 2.27. The normalized spacial score (nSPS) is 27.4. The number of aldehydes is 1. The average molecular weight is 344 g/mol. The van der Waals surface area contributed by atoms with Crippen molar-refractivity contribution in [2.75, 3.05) is 0 Å². The molecule has 0 saturated heterocycles. The first-order valence-electron chi connectivity index (χ1n) is 6.61. The standard InChI is InChI=1S/C15H22BrNO3/c1-6-11-7-15(9-18,8-12(11)10(2)16)17-13(19)20-14(3,4)5/h6,9H,7-8H2,1-5H3,(H,17,19). The molecule has 1 atom stereocenters. The molecule has 112 valence electrons. The van der Waals surface area contributed by atoms with Crippen LogP contribution in [0, 0.1) is 0 Å². The topological polar surface area (TPSA) is 55.4 Å². The number of carbonyl (C=O) groups is 2. The van der Waals surface area contributed by atoms with Gasteiger partial charge in [0.15, 0.2) is 0 Å². The highest BCUT2D eigenvalue weighted by Gasteiger charge is 2.41. The van der Waals surface area contributed by atoms with E-state index in [0.717, 1.165) is 21.9 Å². The molecule has 1 N–H and O–H groups in total. The van der Waals surface area contributed by atoms with Crippen LogP contribution in [0.3, 0.4) is 0 Å². The van der Waals surface area contributed by atoms with Crippen LogP contribution in [0.15, 0.2) is 21.7 Å². The maximum absolute atomic E-state index is 11.9. The summed E-state index contributed by atoms with van der Waals surface area (Å²) in [5.74, 6) is 0. The molecule has 0 aromatic carbocycles. The third-order valence-electron chi connectivity index (χ3n) is 3.13. The predicted octanol–water partition coefficient (Wildman–Crippen LogP) is 3.86. The largest absolute Gasteiger partial charge is 0.444 e. The fourth-order valence-corrected chi connectivity index (χ4v) is 2.66. The van der Waals surface area contributed by atoms with E-state index in [9.17, 15) is 9.59 Å². The molecule has 1 unspecified atom stereocenters. The molecule has 1 saturated carbocycles. The van der Waals surface area contributed by atoms with E-state index in [1.807, 2.05) is 19.9 Å². The van der Waals surface area contributed by atoms with Gasteiger partial charge in [-0.2, -0.15) is 0 Å². The number of hydrogen-bond acceptors (Lipinski definition) is 3. The molecule has 0 spiro atoms. The van der Waals surface area contributed by atoms with Gasteiger partial charge in [-0.1, -0.05) is 22.0 Å². The fraction of sp³-hybridized carbons (Fsp3) is 0.600. The summed E-state index contributed by atoms with van der Waals surface area (Å²) in [6.45, 7) is 9.24. The molecule has 0 bridgehead atoms. The van der Waals surface area contributed by atoms with Gasteiger partial charge in [0.25, 0.3) is 0 Å². The van der Waals surface area contributed by atoms with Crippen molar-refractivity contribution in [1.82, 2.24) is 5.32 Å². The zero-order chi connectivity index (χ0) is 15.6. The van der Waals surface area contributed by atoms with Crippen molar-refractivity contribution < 1.29 is 14.3 Å². The minimum Gasteiger partial charge on any atom is -0.444 e. The SMILES string of the molecule is CC=C1CC(C=O)(NC(=O)OC(C)(C)C)CC1=C(C)Br. The number of rotatable bonds is 2. The lowest BCUT2D eigenvalue weighted by Crippen LogP contribution is -2.49. The quantitative estimate of drug-likeness (QED) is 0.774. The number of ether oxygens (including phenoxy) is 1. The Bertz CT molecular complexity index is 470. The van der Waals surface area contributed by atoms with Gasteiger partial charge in [0.1, 0.15) is 17.4 Å². The van der Waals surface area contributed by atoms with Crippen molar-refractivity contribution in [3.63, 3.8) is 0 Å². The second-order valence-corrected chi connectivity index (χ2v) is 7.27. The third kappa shape index (κ3) is 4.20. The molecule has 1 amide bonds. The minimum atomic E-state index is -0.908. The summed E-state index contributed by atoms with van der Waals surface area (Å²) in [4.78, 5) is 23.4. The lowest BCUT2D eigenvalue weighted by Gasteiger charge is -2.26. The number of halogens is 1. The van der Waals surface area contributed by atoms with Crippen molar-refractivity contribution in [2.24, 2.45) is 0 Å². The molecule has 1 aliphatic carbocycles. The number of carbonyl (C=O) groups excluding carboxylic acids is 2. The number of amides is 1. The molecule has 0 radical (unpaired) electrons. The zero-order valence-corrected chi connectivity index (χ0v) is 14.3. The van der Waals surface area contributed by atoms with Gasteiger partial charge >= 0.3 is 6.09 Å². The van der Waals surface area contributed by atoms with E-state index in [2.05, 4.69) is 21.2 Å². The Kier molecular flexibility index (Phi) is 5.19. The van der Waals surface area contributed by atoms with Crippen LogP contribution in [-0.2, 0) is 9.53 Å². The molecule has 0 aromatic heterocycles. The van der Waals surface area contributed by atoms with Gasteiger partial charge in [-0.15, -0.1) is 0 Å². The van der Waals surface area contributed by atoms with Crippen molar-refractivity contribution in [3.8, 4) is 0 Å². The molecule has 20 heavy (non-hydrogen) atoms. The van der Waals surface area contributed by atoms with Crippen molar-refractivity contribution in [1.29, 1.82) is 0 Å². The second-order valence-electron chi connectivity index (χ2n) is 6.08. The lowest BCUT2D eigenvalue weighted by molar-refractivity contribution is -0.113. The first-order chi connectivity index (χ1) is 9.12. The van der Waals surface area contributed by atoms with E-state index in [1.54, 1.807) is 20.8 Å². The highest BCUT2D eigenvalue weighted by Crippen LogP contribution is 2.40. The van der Waals surface area contributed by atoms with E-state index < -0.39 is 17.2 Å². The van der Waals surface area contributed by atoms with Gasteiger partial charge in [0.05, 0.1) is 0 Å². The molecule has 5 heteroatoms. The zero-order valence-electron chi connectivity index (χ0n) is 12.7. The summed E-state index contributed by atoms with van der Waals surface area (Å²) in [6, 6.07) is 0. The van der Waals surface area contributed by atoms with Crippen molar-refractivity contribution >= 4 is 28.3 Å². The van der Waals surface area contributed by atoms with Crippen LogP contribution in [0.4, 0.5) is 4.79 Å². The monoisotopic (exact) mass is 343 g/mol. The molecule has 1 fully saturated rings. The summed E-state index contributed by atoms with van der Waals surface area (Å²) >= 11 is 3.46.